The first kappa shape index (κ1) is 20.3. The van der Waals surface area contributed by atoms with Crippen LogP contribution in [0.15, 0.2) is 12.5 Å². The number of carbonyl (C=O) groups is 2. The predicted octanol–water partition coefficient (Wildman–Crippen LogP) is 1.03. The number of rotatable bonds is 7. The molecule has 0 bridgehead atoms. The maximum absolute atomic E-state index is 12.6. The Balaban J connectivity index is 1.37. The first-order valence-corrected chi connectivity index (χ1v) is 11.0. The van der Waals surface area contributed by atoms with E-state index in [1.807, 2.05) is 7.05 Å². The normalized spacial score (nSPS) is 23.4. The van der Waals surface area contributed by atoms with Crippen molar-refractivity contribution in [1.82, 2.24) is 24.7 Å². The highest BCUT2D eigenvalue weighted by Gasteiger charge is 2.37. The summed E-state index contributed by atoms with van der Waals surface area (Å²) in [5.74, 6) is 0.542. The number of hydrogen-bond donors (Lipinski definition) is 1. The molecule has 0 spiro atoms. The van der Waals surface area contributed by atoms with Crippen molar-refractivity contribution in [2.75, 3.05) is 39.4 Å². The van der Waals surface area contributed by atoms with Crippen molar-refractivity contribution in [1.29, 1.82) is 0 Å². The van der Waals surface area contributed by atoms with Gasteiger partial charge in [-0.05, 0) is 38.5 Å². The number of nitrogens with one attached hydrogen (secondary N) is 1. The Bertz CT molecular complexity index is 711. The van der Waals surface area contributed by atoms with Crippen molar-refractivity contribution in [3.05, 3.63) is 18.2 Å². The van der Waals surface area contributed by atoms with Gasteiger partial charge in [-0.1, -0.05) is 0 Å². The predicted molar refractivity (Wildman–Crippen MR) is 108 cm³/mol. The number of aryl methyl sites for hydroxylation is 1. The summed E-state index contributed by atoms with van der Waals surface area (Å²) in [7, 11) is 1.82. The smallest absolute Gasteiger partial charge is 0.269 e. The minimum Gasteiger partial charge on any atom is -0.381 e. The molecule has 1 saturated carbocycles. The van der Waals surface area contributed by atoms with Crippen molar-refractivity contribution in [3.63, 3.8) is 0 Å². The summed E-state index contributed by atoms with van der Waals surface area (Å²) >= 11 is 0. The second-order valence-corrected chi connectivity index (χ2v) is 8.58. The maximum atomic E-state index is 12.6. The van der Waals surface area contributed by atoms with Gasteiger partial charge in [0.1, 0.15) is 5.69 Å². The summed E-state index contributed by atoms with van der Waals surface area (Å²) in [6, 6.07) is 0.821. The van der Waals surface area contributed by atoms with Crippen molar-refractivity contribution in [2.45, 2.75) is 50.6 Å². The zero-order valence-electron chi connectivity index (χ0n) is 17.4. The van der Waals surface area contributed by atoms with E-state index >= 15 is 0 Å². The zero-order valence-corrected chi connectivity index (χ0v) is 17.4. The molecule has 3 heterocycles. The van der Waals surface area contributed by atoms with Crippen molar-refractivity contribution in [3.8, 4) is 0 Å². The number of amides is 2. The molecule has 2 aliphatic heterocycles. The first-order chi connectivity index (χ1) is 14.1. The molecule has 29 heavy (non-hydrogen) atoms. The van der Waals surface area contributed by atoms with Gasteiger partial charge in [0.2, 0.25) is 5.91 Å². The van der Waals surface area contributed by atoms with Gasteiger partial charge in [0.25, 0.3) is 5.91 Å². The van der Waals surface area contributed by atoms with E-state index in [2.05, 4.69) is 20.1 Å². The standard InChI is InChI=1S/C21H33N5O3/c1-24-15-22-13-19(24)20(27)23-8-10-26(17-6-11-29-12-7-17)18-3-2-9-25(14-18)21(28)16-4-5-16/h13,15-18H,2-12,14H2,1H3,(H,23,27). The Morgan fingerprint density at radius 1 is 1.21 bits per heavy atom. The minimum atomic E-state index is -0.0916. The van der Waals surface area contributed by atoms with E-state index in [1.54, 1.807) is 17.1 Å². The third-order valence-electron chi connectivity index (χ3n) is 6.47. The van der Waals surface area contributed by atoms with E-state index < -0.39 is 0 Å². The van der Waals surface area contributed by atoms with E-state index in [4.69, 9.17) is 4.74 Å². The lowest BCUT2D eigenvalue weighted by Gasteiger charge is -2.44. The van der Waals surface area contributed by atoms with Crippen LogP contribution >= 0.6 is 0 Å². The molecule has 3 aliphatic rings. The lowest BCUT2D eigenvalue weighted by atomic mass is 9.98. The van der Waals surface area contributed by atoms with Crippen LogP contribution in [0.5, 0.6) is 0 Å². The summed E-state index contributed by atoms with van der Waals surface area (Å²) in [5.41, 5.74) is 0.571. The largest absolute Gasteiger partial charge is 0.381 e. The van der Waals surface area contributed by atoms with E-state index in [1.165, 1.54) is 0 Å². The summed E-state index contributed by atoms with van der Waals surface area (Å²) < 4.78 is 7.30. The highest BCUT2D eigenvalue weighted by Crippen LogP contribution is 2.32. The molecule has 0 aromatic carbocycles. The molecule has 160 valence electrons. The van der Waals surface area contributed by atoms with Gasteiger partial charge in [-0.25, -0.2) is 4.98 Å². The van der Waals surface area contributed by atoms with Crippen LogP contribution < -0.4 is 5.32 Å². The van der Waals surface area contributed by atoms with E-state index in [0.29, 0.717) is 30.2 Å². The molecule has 2 amide bonds. The highest BCUT2D eigenvalue weighted by atomic mass is 16.5. The molecule has 1 atom stereocenters. The van der Waals surface area contributed by atoms with Crippen molar-refractivity contribution < 1.29 is 14.3 Å². The molecule has 1 aromatic heterocycles. The molecule has 0 radical (unpaired) electrons. The van der Waals surface area contributed by atoms with Crippen LogP contribution in [0.2, 0.25) is 0 Å². The molecule has 1 aromatic rings. The van der Waals surface area contributed by atoms with Gasteiger partial charge in [-0.15, -0.1) is 0 Å². The zero-order chi connectivity index (χ0) is 20.2. The second kappa shape index (κ2) is 9.26. The average molecular weight is 404 g/mol. The summed E-state index contributed by atoms with van der Waals surface area (Å²) in [4.78, 5) is 33.7. The Hall–Kier alpha value is -1.93. The SMILES string of the molecule is Cn1cncc1C(=O)NCCN(C1CCOCC1)C1CCCN(C(=O)C2CC2)C1. The fourth-order valence-electron chi connectivity index (χ4n) is 4.66. The van der Waals surface area contributed by atoms with Crippen LogP contribution in [0.25, 0.3) is 0 Å². The number of carbonyl (C=O) groups excluding carboxylic acids is 2. The van der Waals surface area contributed by atoms with E-state index in [0.717, 1.165) is 71.4 Å². The Morgan fingerprint density at radius 3 is 2.69 bits per heavy atom. The van der Waals surface area contributed by atoms with Crippen LogP contribution in [-0.4, -0.2) is 82.6 Å². The van der Waals surface area contributed by atoms with Gasteiger partial charge >= 0.3 is 0 Å². The number of likely N-dealkylation sites (tertiary alicyclic amines) is 1. The number of imidazole rings is 1. The third kappa shape index (κ3) is 4.98. The van der Waals surface area contributed by atoms with Gasteiger partial charge in [0.15, 0.2) is 0 Å². The van der Waals surface area contributed by atoms with E-state index in [-0.39, 0.29) is 11.8 Å². The fourth-order valence-corrected chi connectivity index (χ4v) is 4.66. The minimum absolute atomic E-state index is 0.0916. The molecule has 4 rings (SSSR count). The summed E-state index contributed by atoms with van der Waals surface area (Å²) in [6.45, 7) is 4.69. The lowest BCUT2D eigenvalue weighted by Crippen LogP contribution is -2.55. The molecule has 8 nitrogen and oxygen atoms in total. The Kier molecular flexibility index (Phi) is 6.50. The highest BCUT2D eigenvalue weighted by molar-refractivity contribution is 5.92. The van der Waals surface area contributed by atoms with Gasteiger partial charge in [0.05, 0.1) is 12.5 Å². The third-order valence-corrected chi connectivity index (χ3v) is 6.47. The number of nitrogens with zero attached hydrogens (tertiary/aromatic N) is 4. The average Bonchev–Trinajstić information content (AvgIpc) is 3.51. The van der Waals surface area contributed by atoms with Gasteiger partial charge in [-0.2, -0.15) is 0 Å². The Morgan fingerprint density at radius 2 is 2.00 bits per heavy atom. The molecule has 8 heteroatoms. The maximum Gasteiger partial charge on any atom is 0.269 e. The van der Waals surface area contributed by atoms with Crippen LogP contribution in [0.4, 0.5) is 0 Å². The van der Waals surface area contributed by atoms with Crippen molar-refractivity contribution in [2.24, 2.45) is 13.0 Å². The van der Waals surface area contributed by atoms with Gasteiger partial charge in [0, 0.05) is 64.4 Å². The van der Waals surface area contributed by atoms with Gasteiger partial charge < -0.3 is 19.5 Å². The molecular weight excluding hydrogens is 370 g/mol. The summed E-state index contributed by atoms with van der Waals surface area (Å²) in [6.07, 6.45) is 9.55. The quantitative estimate of drug-likeness (QED) is 0.736. The Labute approximate surface area is 172 Å². The topological polar surface area (TPSA) is 79.7 Å². The molecular formula is C21H33N5O3. The number of piperidine rings is 1. The molecule has 1 unspecified atom stereocenters. The molecule has 1 N–H and O–H groups in total. The molecule has 3 fully saturated rings. The molecule has 1 aliphatic carbocycles. The van der Waals surface area contributed by atoms with Crippen LogP contribution in [0.1, 0.15) is 49.0 Å². The first-order valence-electron chi connectivity index (χ1n) is 11.0. The van der Waals surface area contributed by atoms with E-state index in [9.17, 15) is 9.59 Å². The van der Waals surface area contributed by atoms with Crippen molar-refractivity contribution >= 4 is 11.8 Å². The molecule has 2 saturated heterocycles. The number of aromatic nitrogens is 2. The van der Waals surface area contributed by atoms with Crippen LogP contribution in [-0.2, 0) is 16.6 Å². The summed E-state index contributed by atoms with van der Waals surface area (Å²) in [5, 5.41) is 3.04. The van der Waals surface area contributed by atoms with Gasteiger partial charge in [-0.3, -0.25) is 14.5 Å². The monoisotopic (exact) mass is 403 g/mol. The second-order valence-electron chi connectivity index (χ2n) is 8.58. The number of hydrogen-bond acceptors (Lipinski definition) is 5. The lowest BCUT2D eigenvalue weighted by molar-refractivity contribution is -0.135. The number of ether oxygens (including phenoxy) is 1. The van der Waals surface area contributed by atoms with Crippen LogP contribution in [0, 0.1) is 5.92 Å². The van der Waals surface area contributed by atoms with Crippen LogP contribution in [0.3, 0.4) is 0 Å². The fraction of sp³-hybridized carbons (Fsp3) is 0.762.